The SMILES string of the molecule is C=C(CC(=O)N[C@@H](CSCC=C(C)CCC=C(C)CCC=C(C)C)C(=O)O)C(=O)O. The van der Waals surface area contributed by atoms with Crippen LogP contribution in [0.25, 0.3) is 0 Å². The van der Waals surface area contributed by atoms with Crippen molar-refractivity contribution in [2.75, 3.05) is 11.5 Å². The predicted octanol–water partition coefficient (Wildman–Crippen LogP) is 4.74. The molecule has 1 atom stereocenters. The van der Waals surface area contributed by atoms with Gasteiger partial charge in [0.25, 0.3) is 0 Å². The van der Waals surface area contributed by atoms with Crippen LogP contribution in [0.5, 0.6) is 0 Å². The van der Waals surface area contributed by atoms with Gasteiger partial charge in [0.05, 0.1) is 6.42 Å². The van der Waals surface area contributed by atoms with E-state index >= 15 is 0 Å². The molecule has 168 valence electrons. The Morgan fingerprint density at radius 3 is 2.07 bits per heavy atom. The van der Waals surface area contributed by atoms with Crippen LogP contribution < -0.4 is 5.32 Å². The average Bonchev–Trinajstić information content (AvgIpc) is 2.63. The van der Waals surface area contributed by atoms with Gasteiger partial charge < -0.3 is 15.5 Å². The molecular formula is C23H35NO5S. The minimum atomic E-state index is -1.27. The van der Waals surface area contributed by atoms with Crippen molar-refractivity contribution in [1.82, 2.24) is 5.32 Å². The van der Waals surface area contributed by atoms with Crippen LogP contribution in [0.3, 0.4) is 0 Å². The van der Waals surface area contributed by atoms with Gasteiger partial charge in [-0.2, -0.15) is 11.8 Å². The largest absolute Gasteiger partial charge is 0.480 e. The van der Waals surface area contributed by atoms with Crippen LogP contribution >= 0.6 is 11.8 Å². The van der Waals surface area contributed by atoms with E-state index in [4.69, 9.17) is 5.11 Å². The second-order valence-corrected chi connectivity index (χ2v) is 8.62. The number of carboxylic acid groups (broad SMARTS) is 2. The molecule has 0 aliphatic heterocycles. The van der Waals surface area contributed by atoms with Gasteiger partial charge >= 0.3 is 11.9 Å². The maximum atomic E-state index is 11.8. The standard InChI is InChI=1S/C23H35NO5S/c1-16(2)8-6-9-17(3)10-7-11-18(4)12-13-30-15-20(23(28)29)24-21(25)14-19(5)22(26)27/h8,10,12,20H,5-7,9,11,13-15H2,1-4H3,(H,24,25)(H,26,27)(H,28,29)/t20-/m0/s1. The highest BCUT2D eigenvalue weighted by Gasteiger charge is 2.21. The monoisotopic (exact) mass is 437 g/mol. The zero-order valence-electron chi connectivity index (χ0n) is 18.5. The highest BCUT2D eigenvalue weighted by Crippen LogP contribution is 2.13. The first kappa shape index (κ1) is 27.7. The molecular weight excluding hydrogens is 402 g/mol. The van der Waals surface area contributed by atoms with Crippen LogP contribution in [-0.2, 0) is 14.4 Å². The minimum absolute atomic E-state index is 0.202. The highest BCUT2D eigenvalue weighted by atomic mass is 32.2. The lowest BCUT2D eigenvalue weighted by Crippen LogP contribution is -2.42. The maximum absolute atomic E-state index is 11.8. The quantitative estimate of drug-likeness (QED) is 0.194. The van der Waals surface area contributed by atoms with Crippen molar-refractivity contribution in [3.63, 3.8) is 0 Å². The molecule has 0 radical (unpaired) electrons. The van der Waals surface area contributed by atoms with Crippen molar-refractivity contribution in [1.29, 1.82) is 0 Å². The summed E-state index contributed by atoms with van der Waals surface area (Å²) in [5.41, 5.74) is 3.70. The first-order chi connectivity index (χ1) is 14.0. The fraction of sp³-hybridized carbons (Fsp3) is 0.522. The van der Waals surface area contributed by atoms with Crippen LogP contribution in [0.4, 0.5) is 0 Å². The Morgan fingerprint density at radius 2 is 1.53 bits per heavy atom. The molecule has 0 aromatic rings. The van der Waals surface area contributed by atoms with Gasteiger partial charge in [-0.3, -0.25) is 4.79 Å². The number of rotatable bonds is 15. The molecule has 0 heterocycles. The smallest absolute Gasteiger partial charge is 0.331 e. The Kier molecular flexibility index (Phi) is 14.4. The number of aliphatic carboxylic acids is 2. The summed E-state index contributed by atoms with van der Waals surface area (Å²) in [6.07, 6.45) is 10.2. The van der Waals surface area contributed by atoms with E-state index in [-0.39, 0.29) is 11.3 Å². The summed E-state index contributed by atoms with van der Waals surface area (Å²) in [4.78, 5) is 33.8. The first-order valence-corrected chi connectivity index (χ1v) is 11.1. The number of allylic oxidation sites excluding steroid dienone is 5. The first-order valence-electron chi connectivity index (χ1n) is 9.98. The third kappa shape index (κ3) is 14.7. The van der Waals surface area contributed by atoms with Gasteiger partial charge in [-0.15, -0.1) is 0 Å². The molecule has 0 spiro atoms. The van der Waals surface area contributed by atoms with E-state index < -0.39 is 30.3 Å². The number of nitrogens with one attached hydrogen (secondary N) is 1. The van der Waals surface area contributed by atoms with Crippen LogP contribution in [0.1, 0.15) is 59.8 Å². The van der Waals surface area contributed by atoms with Gasteiger partial charge in [-0.1, -0.05) is 41.5 Å². The normalized spacial score (nSPS) is 12.8. The summed E-state index contributed by atoms with van der Waals surface area (Å²) >= 11 is 1.41. The summed E-state index contributed by atoms with van der Waals surface area (Å²) < 4.78 is 0. The number of carbonyl (C=O) groups excluding carboxylic acids is 1. The summed E-state index contributed by atoms with van der Waals surface area (Å²) in [6, 6.07) is -1.07. The van der Waals surface area contributed by atoms with Gasteiger partial charge in [0.2, 0.25) is 5.91 Å². The van der Waals surface area contributed by atoms with Gasteiger partial charge in [-0.25, -0.2) is 9.59 Å². The molecule has 0 saturated carbocycles. The fourth-order valence-electron chi connectivity index (χ4n) is 2.42. The lowest BCUT2D eigenvalue weighted by molar-refractivity contribution is -0.141. The predicted molar refractivity (Wildman–Crippen MR) is 124 cm³/mol. The molecule has 0 aliphatic rings. The molecule has 0 aromatic carbocycles. The van der Waals surface area contributed by atoms with Crippen molar-refractivity contribution >= 4 is 29.6 Å². The zero-order valence-corrected chi connectivity index (χ0v) is 19.3. The fourth-order valence-corrected chi connectivity index (χ4v) is 3.42. The molecule has 7 heteroatoms. The van der Waals surface area contributed by atoms with Crippen molar-refractivity contribution in [2.45, 2.75) is 65.8 Å². The lowest BCUT2D eigenvalue weighted by Gasteiger charge is -2.14. The van der Waals surface area contributed by atoms with Crippen LogP contribution in [0, 0.1) is 0 Å². The van der Waals surface area contributed by atoms with E-state index in [2.05, 4.69) is 57.8 Å². The van der Waals surface area contributed by atoms with E-state index in [0.717, 1.165) is 25.7 Å². The molecule has 0 fully saturated rings. The second-order valence-electron chi connectivity index (χ2n) is 7.54. The number of hydrogen-bond donors (Lipinski definition) is 3. The van der Waals surface area contributed by atoms with Gasteiger partial charge in [0.15, 0.2) is 0 Å². The van der Waals surface area contributed by atoms with E-state index in [9.17, 15) is 19.5 Å². The second kappa shape index (κ2) is 15.5. The summed E-state index contributed by atoms with van der Waals surface area (Å²) in [5.74, 6) is -2.23. The summed E-state index contributed by atoms with van der Waals surface area (Å²) in [5, 5.41) is 20.3. The average molecular weight is 438 g/mol. The maximum Gasteiger partial charge on any atom is 0.331 e. The number of thioether (sulfide) groups is 1. The Labute approximate surface area is 184 Å². The zero-order chi connectivity index (χ0) is 23.1. The molecule has 0 bridgehead atoms. The number of hydrogen-bond acceptors (Lipinski definition) is 4. The Bertz CT molecular complexity index is 702. The van der Waals surface area contributed by atoms with Gasteiger partial charge in [0.1, 0.15) is 6.04 Å². The lowest BCUT2D eigenvalue weighted by atomic mass is 10.1. The highest BCUT2D eigenvalue weighted by molar-refractivity contribution is 7.99. The number of carbonyl (C=O) groups is 3. The van der Waals surface area contributed by atoms with Crippen molar-refractivity contribution < 1.29 is 24.6 Å². The van der Waals surface area contributed by atoms with Gasteiger partial charge in [0, 0.05) is 17.1 Å². The van der Waals surface area contributed by atoms with Crippen molar-refractivity contribution in [3.05, 3.63) is 47.1 Å². The van der Waals surface area contributed by atoms with E-state index in [1.165, 1.54) is 28.5 Å². The topological polar surface area (TPSA) is 104 Å². The number of amides is 1. The Morgan fingerprint density at radius 1 is 0.967 bits per heavy atom. The van der Waals surface area contributed by atoms with E-state index in [1.807, 2.05) is 0 Å². The third-order valence-corrected chi connectivity index (χ3v) is 5.24. The Balaban J connectivity index is 4.30. The summed E-state index contributed by atoms with van der Waals surface area (Å²) in [7, 11) is 0. The molecule has 6 nitrogen and oxygen atoms in total. The molecule has 0 unspecified atom stereocenters. The van der Waals surface area contributed by atoms with Crippen LogP contribution in [-0.4, -0.2) is 45.6 Å². The van der Waals surface area contributed by atoms with Crippen LogP contribution in [0.2, 0.25) is 0 Å². The molecule has 30 heavy (non-hydrogen) atoms. The molecule has 0 saturated heterocycles. The molecule has 0 aromatic heterocycles. The van der Waals surface area contributed by atoms with Crippen molar-refractivity contribution in [3.8, 4) is 0 Å². The van der Waals surface area contributed by atoms with Gasteiger partial charge in [-0.05, 0) is 53.4 Å². The third-order valence-electron chi connectivity index (χ3n) is 4.27. The number of carboxylic acids is 2. The summed E-state index contributed by atoms with van der Waals surface area (Å²) in [6.45, 7) is 11.7. The molecule has 3 N–H and O–H groups in total. The van der Waals surface area contributed by atoms with Crippen molar-refractivity contribution in [2.24, 2.45) is 0 Å². The Hall–Kier alpha value is -2.28. The van der Waals surface area contributed by atoms with E-state index in [1.54, 1.807) is 0 Å². The molecule has 0 aliphatic carbocycles. The minimum Gasteiger partial charge on any atom is -0.480 e. The van der Waals surface area contributed by atoms with Crippen LogP contribution in [0.15, 0.2) is 47.1 Å². The van der Waals surface area contributed by atoms with E-state index in [0.29, 0.717) is 5.75 Å². The molecule has 0 rings (SSSR count). The molecule has 1 amide bonds.